The maximum Gasteiger partial charge on any atom is 0.356 e. The average molecular weight is 221 g/mol. The van der Waals surface area contributed by atoms with Gasteiger partial charge in [0.25, 0.3) is 0 Å². The molecule has 0 aliphatic rings. The van der Waals surface area contributed by atoms with Crippen molar-refractivity contribution < 1.29 is 19.5 Å². The van der Waals surface area contributed by atoms with Crippen molar-refractivity contribution in [3.05, 3.63) is 29.3 Å². The molecular weight excluding hydrogens is 214 g/mol. The minimum absolute atomic E-state index is 0.0184. The molecule has 0 heterocycles. The lowest BCUT2D eigenvalue weighted by atomic mass is 10.1. The highest BCUT2D eigenvalue weighted by Crippen LogP contribution is 2.19. The molecule has 0 unspecified atom stereocenters. The lowest BCUT2D eigenvalue weighted by molar-refractivity contribution is 0.0697. The highest BCUT2D eigenvalue weighted by molar-refractivity contribution is 5.92. The number of hydrogen-bond acceptors (Lipinski definition) is 4. The first-order valence-electron chi connectivity index (χ1n) is 4.08. The highest BCUT2D eigenvalue weighted by atomic mass is 16.4. The van der Waals surface area contributed by atoms with E-state index in [0.29, 0.717) is 6.29 Å². The molecule has 0 fully saturated rings. The summed E-state index contributed by atoms with van der Waals surface area (Å²) in [5.41, 5.74) is 4.77. The number of carboxylic acids is 1. The van der Waals surface area contributed by atoms with Gasteiger partial charge < -0.3 is 10.8 Å². The molecule has 16 heavy (non-hydrogen) atoms. The minimum atomic E-state index is -1.17. The largest absolute Gasteiger partial charge is 0.478 e. The molecule has 3 N–H and O–H groups in total. The number of carboxylic acid groups (broad SMARTS) is 1. The van der Waals surface area contributed by atoms with Crippen molar-refractivity contribution in [3.63, 3.8) is 0 Å². The smallest absolute Gasteiger partial charge is 0.356 e. The molecule has 0 saturated heterocycles. The number of aromatic carboxylic acids is 1. The van der Waals surface area contributed by atoms with Crippen LogP contribution in [0.3, 0.4) is 0 Å². The molecule has 0 bridgehead atoms. The van der Waals surface area contributed by atoms with Crippen LogP contribution in [-0.4, -0.2) is 23.4 Å². The Morgan fingerprint density at radius 3 is 2.56 bits per heavy atom. The van der Waals surface area contributed by atoms with Gasteiger partial charge in [0.2, 0.25) is 0 Å². The van der Waals surface area contributed by atoms with E-state index in [-0.39, 0.29) is 16.8 Å². The maximum absolute atomic E-state index is 10.6. The second-order valence-corrected chi connectivity index (χ2v) is 2.73. The summed E-state index contributed by atoms with van der Waals surface area (Å²) in [6, 6.07) is 2.63. The average Bonchev–Trinajstić information content (AvgIpc) is 2.25. The molecule has 0 aliphatic heterocycles. The second kappa shape index (κ2) is 4.78. The van der Waals surface area contributed by atoms with E-state index in [1.165, 1.54) is 12.1 Å². The Morgan fingerprint density at radius 1 is 1.38 bits per heavy atom. The van der Waals surface area contributed by atoms with Gasteiger partial charge in [0, 0.05) is 5.56 Å². The topological polar surface area (TPSA) is 122 Å². The third-order valence-corrected chi connectivity index (χ3v) is 1.66. The van der Waals surface area contributed by atoms with Crippen LogP contribution in [0.1, 0.15) is 20.7 Å². The number of azo groups is 1. The van der Waals surface area contributed by atoms with Gasteiger partial charge in [-0.3, -0.25) is 4.79 Å². The van der Waals surface area contributed by atoms with Gasteiger partial charge >= 0.3 is 12.0 Å². The molecule has 0 atom stereocenters. The standard InChI is InChI=1S/C9H7N3O4/c10-9(16)12-11-7-2-1-5(8(14)15)3-6(7)4-13/h1-4H,(H2,10,16)(H,14,15). The van der Waals surface area contributed by atoms with Crippen LogP contribution in [0, 0.1) is 0 Å². The fourth-order valence-electron chi connectivity index (χ4n) is 0.976. The van der Waals surface area contributed by atoms with Gasteiger partial charge in [-0.05, 0) is 18.2 Å². The molecule has 0 saturated carbocycles. The molecular formula is C9H7N3O4. The van der Waals surface area contributed by atoms with Crippen molar-refractivity contribution in [2.24, 2.45) is 16.0 Å². The third kappa shape index (κ3) is 2.71. The number of hydrogen-bond donors (Lipinski definition) is 2. The van der Waals surface area contributed by atoms with E-state index in [1.807, 2.05) is 0 Å². The monoisotopic (exact) mass is 221 g/mol. The van der Waals surface area contributed by atoms with Crippen LogP contribution < -0.4 is 5.73 Å². The van der Waals surface area contributed by atoms with Gasteiger partial charge in [-0.1, -0.05) is 5.11 Å². The first kappa shape index (κ1) is 11.5. The van der Waals surface area contributed by atoms with Crippen molar-refractivity contribution in [1.29, 1.82) is 0 Å². The first-order valence-corrected chi connectivity index (χ1v) is 4.08. The summed E-state index contributed by atoms with van der Waals surface area (Å²) in [5.74, 6) is -1.17. The SMILES string of the molecule is NC(=O)N=Nc1ccc(C(=O)O)cc1C=O. The number of amides is 2. The summed E-state index contributed by atoms with van der Waals surface area (Å²) in [6.45, 7) is 0. The molecule has 0 spiro atoms. The summed E-state index contributed by atoms with van der Waals surface area (Å²) in [6.07, 6.45) is 0.418. The molecule has 0 aromatic heterocycles. The molecule has 1 aromatic rings. The van der Waals surface area contributed by atoms with E-state index in [1.54, 1.807) is 0 Å². The summed E-state index contributed by atoms with van der Waals surface area (Å²) >= 11 is 0. The number of nitrogens with two attached hydrogens (primary N) is 1. The lowest BCUT2D eigenvalue weighted by Crippen LogP contribution is -2.02. The van der Waals surface area contributed by atoms with E-state index in [9.17, 15) is 14.4 Å². The molecule has 0 aliphatic carbocycles. The predicted molar refractivity (Wildman–Crippen MR) is 52.9 cm³/mol. The number of benzene rings is 1. The fourth-order valence-corrected chi connectivity index (χ4v) is 0.976. The van der Waals surface area contributed by atoms with Gasteiger partial charge in [-0.25, -0.2) is 9.59 Å². The summed E-state index contributed by atoms with van der Waals surface area (Å²) in [7, 11) is 0. The zero-order valence-corrected chi connectivity index (χ0v) is 7.95. The van der Waals surface area contributed by atoms with Crippen molar-refractivity contribution >= 4 is 24.0 Å². The van der Waals surface area contributed by atoms with Crippen LogP contribution in [-0.2, 0) is 0 Å². The van der Waals surface area contributed by atoms with Gasteiger partial charge in [-0.15, -0.1) is 5.11 Å². The second-order valence-electron chi connectivity index (χ2n) is 2.73. The van der Waals surface area contributed by atoms with Gasteiger partial charge in [0.1, 0.15) is 0 Å². The van der Waals surface area contributed by atoms with Gasteiger partial charge in [0.15, 0.2) is 6.29 Å². The number of carbonyl (C=O) groups is 3. The number of rotatable bonds is 3. The normalized spacial score (nSPS) is 10.2. The molecule has 0 radical (unpaired) electrons. The van der Waals surface area contributed by atoms with E-state index in [0.717, 1.165) is 6.07 Å². The molecule has 7 nitrogen and oxygen atoms in total. The first-order chi connectivity index (χ1) is 7.54. The fraction of sp³-hybridized carbons (Fsp3) is 0. The zero-order chi connectivity index (χ0) is 12.1. The number of urea groups is 1. The van der Waals surface area contributed by atoms with Crippen molar-refractivity contribution in [3.8, 4) is 0 Å². The molecule has 1 rings (SSSR count). The van der Waals surface area contributed by atoms with E-state index >= 15 is 0 Å². The Morgan fingerprint density at radius 2 is 2.06 bits per heavy atom. The summed E-state index contributed by atoms with van der Waals surface area (Å²) < 4.78 is 0. The van der Waals surface area contributed by atoms with Crippen LogP contribution in [0.25, 0.3) is 0 Å². The zero-order valence-electron chi connectivity index (χ0n) is 7.95. The maximum atomic E-state index is 10.6. The molecule has 7 heteroatoms. The van der Waals surface area contributed by atoms with E-state index < -0.39 is 12.0 Å². The van der Waals surface area contributed by atoms with Crippen LogP contribution in [0.4, 0.5) is 10.5 Å². The van der Waals surface area contributed by atoms with E-state index in [2.05, 4.69) is 10.2 Å². The Balaban J connectivity index is 3.16. The van der Waals surface area contributed by atoms with Crippen molar-refractivity contribution in [2.75, 3.05) is 0 Å². The lowest BCUT2D eigenvalue weighted by Gasteiger charge is -1.98. The van der Waals surface area contributed by atoms with E-state index in [4.69, 9.17) is 10.8 Å². The molecule has 2 amide bonds. The summed E-state index contributed by atoms with van der Waals surface area (Å²) in [4.78, 5) is 31.6. The minimum Gasteiger partial charge on any atom is -0.478 e. The number of carbonyl (C=O) groups excluding carboxylic acids is 2. The highest BCUT2D eigenvalue weighted by Gasteiger charge is 2.07. The van der Waals surface area contributed by atoms with Crippen LogP contribution >= 0.6 is 0 Å². The van der Waals surface area contributed by atoms with Gasteiger partial charge in [-0.2, -0.15) is 0 Å². The third-order valence-electron chi connectivity index (χ3n) is 1.66. The van der Waals surface area contributed by atoms with Crippen molar-refractivity contribution in [1.82, 2.24) is 0 Å². The Hall–Kier alpha value is -2.57. The number of nitrogens with zero attached hydrogens (tertiary/aromatic N) is 2. The Bertz CT molecular complexity index is 482. The number of primary amides is 1. The van der Waals surface area contributed by atoms with Crippen LogP contribution in [0.15, 0.2) is 28.4 Å². The quantitative estimate of drug-likeness (QED) is 0.590. The predicted octanol–water partition coefficient (Wildman–Crippen LogP) is 1.36. The van der Waals surface area contributed by atoms with Crippen LogP contribution in [0.2, 0.25) is 0 Å². The summed E-state index contributed by atoms with van der Waals surface area (Å²) in [5, 5.41) is 15.1. The Labute approximate surface area is 89.6 Å². The van der Waals surface area contributed by atoms with Crippen molar-refractivity contribution in [2.45, 2.75) is 0 Å². The Kier molecular flexibility index (Phi) is 3.44. The van der Waals surface area contributed by atoms with Crippen LogP contribution in [0.5, 0.6) is 0 Å². The number of aldehydes is 1. The molecule has 82 valence electrons. The van der Waals surface area contributed by atoms with Gasteiger partial charge in [0.05, 0.1) is 11.3 Å². The molecule has 1 aromatic carbocycles.